The summed E-state index contributed by atoms with van der Waals surface area (Å²) >= 11 is 0. The maximum atomic E-state index is 12.2. The molecule has 8 heteroatoms. The van der Waals surface area contributed by atoms with Crippen LogP contribution in [0.1, 0.15) is 25.5 Å². The molecule has 1 saturated heterocycles. The van der Waals surface area contributed by atoms with Crippen LogP contribution in [0, 0.1) is 0 Å². The van der Waals surface area contributed by atoms with Crippen molar-refractivity contribution in [3.05, 3.63) is 72.7 Å². The number of urea groups is 1. The molecule has 166 valence electrons. The van der Waals surface area contributed by atoms with E-state index in [-0.39, 0.29) is 18.2 Å². The second-order valence-corrected chi connectivity index (χ2v) is 7.56. The zero-order valence-corrected chi connectivity index (χ0v) is 18.2. The van der Waals surface area contributed by atoms with Gasteiger partial charge in [0.2, 0.25) is 0 Å². The molecule has 1 aliphatic rings. The Labute approximate surface area is 187 Å². The second-order valence-electron chi connectivity index (χ2n) is 7.56. The monoisotopic (exact) mass is 433 g/mol. The minimum Gasteiger partial charge on any atom is -0.494 e. The van der Waals surface area contributed by atoms with E-state index in [9.17, 15) is 4.79 Å². The molecule has 0 unspecified atom stereocenters. The van der Waals surface area contributed by atoms with E-state index < -0.39 is 0 Å². The van der Waals surface area contributed by atoms with Crippen LogP contribution in [0.3, 0.4) is 0 Å². The number of carbonyl (C=O) groups excluding carboxylic acids is 1. The Bertz CT molecular complexity index is 1010. The molecule has 32 heavy (non-hydrogen) atoms. The van der Waals surface area contributed by atoms with Crippen molar-refractivity contribution in [2.45, 2.75) is 26.0 Å². The van der Waals surface area contributed by atoms with Gasteiger partial charge in [-0.3, -0.25) is 5.32 Å². The van der Waals surface area contributed by atoms with Crippen LogP contribution in [-0.4, -0.2) is 41.8 Å². The van der Waals surface area contributed by atoms with Gasteiger partial charge in [-0.15, -0.1) is 0 Å². The molecular formula is C24H27N5O3. The van der Waals surface area contributed by atoms with Gasteiger partial charge >= 0.3 is 6.03 Å². The summed E-state index contributed by atoms with van der Waals surface area (Å²) in [5.74, 6) is 2.17. The first-order chi connectivity index (χ1) is 15.6. The molecule has 1 fully saturated rings. The Balaban J connectivity index is 1.24. The molecule has 1 atom stereocenters. The maximum absolute atomic E-state index is 12.2. The van der Waals surface area contributed by atoms with Crippen molar-refractivity contribution in [3.8, 4) is 11.5 Å². The fraction of sp³-hybridized carbons (Fsp3) is 0.292. The van der Waals surface area contributed by atoms with Gasteiger partial charge in [-0.25, -0.2) is 14.8 Å². The fourth-order valence-electron chi connectivity index (χ4n) is 3.47. The number of benzene rings is 2. The van der Waals surface area contributed by atoms with Crippen LogP contribution in [0.4, 0.5) is 16.3 Å². The first kappa shape index (κ1) is 21.4. The topological polar surface area (TPSA) is 88.6 Å². The van der Waals surface area contributed by atoms with Crippen LogP contribution in [0.5, 0.6) is 11.5 Å². The number of rotatable bonds is 8. The average molecular weight is 434 g/mol. The van der Waals surface area contributed by atoms with Gasteiger partial charge in [0.1, 0.15) is 29.7 Å². The third kappa shape index (κ3) is 5.46. The largest absolute Gasteiger partial charge is 0.494 e. The first-order valence-electron chi connectivity index (χ1n) is 10.7. The summed E-state index contributed by atoms with van der Waals surface area (Å²) in [6.45, 7) is 6.24. The van der Waals surface area contributed by atoms with E-state index in [0.29, 0.717) is 12.4 Å². The van der Waals surface area contributed by atoms with Crippen LogP contribution < -0.4 is 25.0 Å². The van der Waals surface area contributed by atoms with Crippen LogP contribution in [0.15, 0.2) is 67.1 Å². The smallest absolute Gasteiger partial charge is 0.320 e. The lowest BCUT2D eigenvalue weighted by Crippen LogP contribution is -2.54. The van der Waals surface area contributed by atoms with Gasteiger partial charge in [0, 0.05) is 11.9 Å². The third-order valence-electron chi connectivity index (χ3n) is 5.21. The number of ether oxygens (including phenoxy) is 2. The summed E-state index contributed by atoms with van der Waals surface area (Å²) in [7, 11) is 0. The second kappa shape index (κ2) is 10.00. The number of nitrogens with one attached hydrogen (secondary N) is 2. The molecule has 2 N–H and O–H groups in total. The Kier molecular flexibility index (Phi) is 6.69. The lowest BCUT2D eigenvalue weighted by atomic mass is 10.1. The molecule has 8 nitrogen and oxygen atoms in total. The van der Waals surface area contributed by atoms with E-state index in [1.807, 2.05) is 50.2 Å². The fourth-order valence-corrected chi connectivity index (χ4v) is 3.47. The first-order valence-corrected chi connectivity index (χ1v) is 10.7. The Morgan fingerprint density at radius 3 is 2.47 bits per heavy atom. The molecule has 0 aliphatic carbocycles. The SMILES string of the molecule is CCOc1ccc(OC2CN(c3ccc([C@H](C)NC(=O)Nc4ccncn4)cc3)C2)cc1. The number of amides is 2. The predicted octanol–water partition coefficient (Wildman–Crippen LogP) is 4.03. The van der Waals surface area contributed by atoms with E-state index in [4.69, 9.17) is 9.47 Å². The molecule has 4 rings (SSSR count). The van der Waals surface area contributed by atoms with Gasteiger partial charge in [-0.05, 0) is 61.9 Å². The molecule has 3 aromatic rings. The highest BCUT2D eigenvalue weighted by atomic mass is 16.5. The quantitative estimate of drug-likeness (QED) is 0.558. The number of aromatic nitrogens is 2. The van der Waals surface area contributed by atoms with Gasteiger partial charge in [0.15, 0.2) is 0 Å². The zero-order valence-electron chi connectivity index (χ0n) is 18.2. The van der Waals surface area contributed by atoms with E-state index in [2.05, 4.69) is 37.6 Å². The van der Waals surface area contributed by atoms with Crippen LogP contribution in [0.2, 0.25) is 0 Å². The van der Waals surface area contributed by atoms with Gasteiger partial charge in [0.05, 0.1) is 25.7 Å². The van der Waals surface area contributed by atoms with Crippen LogP contribution in [0.25, 0.3) is 0 Å². The Morgan fingerprint density at radius 1 is 1.09 bits per heavy atom. The molecular weight excluding hydrogens is 406 g/mol. The normalized spacial score (nSPS) is 14.2. The molecule has 2 heterocycles. The number of hydrogen-bond acceptors (Lipinski definition) is 6. The van der Waals surface area contributed by atoms with E-state index >= 15 is 0 Å². The van der Waals surface area contributed by atoms with Crippen LogP contribution in [-0.2, 0) is 0 Å². The highest BCUT2D eigenvalue weighted by Gasteiger charge is 2.28. The van der Waals surface area contributed by atoms with Gasteiger partial charge in [-0.1, -0.05) is 12.1 Å². The molecule has 1 aromatic heterocycles. The average Bonchev–Trinajstić information content (AvgIpc) is 2.78. The number of anilines is 2. The summed E-state index contributed by atoms with van der Waals surface area (Å²) in [5, 5.41) is 5.61. The molecule has 1 aliphatic heterocycles. The highest BCUT2D eigenvalue weighted by molar-refractivity contribution is 5.88. The lowest BCUT2D eigenvalue weighted by molar-refractivity contribution is 0.167. The number of hydrogen-bond donors (Lipinski definition) is 2. The van der Waals surface area contributed by atoms with E-state index in [1.54, 1.807) is 12.3 Å². The number of nitrogens with zero attached hydrogens (tertiary/aromatic N) is 3. The van der Waals surface area contributed by atoms with Gasteiger partial charge in [-0.2, -0.15) is 0 Å². The summed E-state index contributed by atoms with van der Waals surface area (Å²) in [6, 6.07) is 17.1. The Morgan fingerprint density at radius 2 is 1.81 bits per heavy atom. The van der Waals surface area contributed by atoms with Crippen molar-refractivity contribution < 1.29 is 14.3 Å². The molecule has 2 amide bonds. The minimum absolute atomic E-state index is 0.141. The van der Waals surface area contributed by atoms with Crippen LogP contribution >= 0.6 is 0 Å². The molecule has 2 aromatic carbocycles. The summed E-state index contributed by atoms with van der Waals surface area (Å²) in [6.07, 6.45) is 3.13. The summed E-state index contributed by atoms with van der Waals surface area (Å²) < 4.78 is 11.5. The molecule has 0 saturated carbocycles. The van der Waals surface area contributed by atoms with Crippen molar-refractivity contribution >= 4 is 17.5 Å². The minimum atomic E-state index is -0.308. The predicted molar refractivity (Wildman–Crippen MR) is 123 cm³/mol. The summed E-state index contributed by atoms with van der Waals surface area (Å²) in [4.78, 5) is 22.2. The van der Waals surface area contributed by atoms with Crippen molar-refractivity contribution in [2.24, 2.45) is 0 Å². The Hall–Kier alpha value is -3.81. The molecule has 0 radical (unpaired) electrons. The van der Waals surface area contributed by atoms with Crippen molar-refractivity contribution in [1.82, 2.24) is 15.3 Å². The molecule has 0 bridgehead atoms. The van der Waals surface area contributed by atoms with Crippen molar-refractivity contribution in [3.63, 3.8) is 0 Å². The lowest BCUT2D eigenvalue weighted by Gasteiger charge is -2.40. The van der Waals surface area contributed by atoms with Crippen molar-refractivity contribution in [2.75, 3.05) is 29.9 Å². The maximum Gasteiger partial charge on any atom is 0.320 e. The van der Waals surface area contributed by atoms with Crippen molar-refractivity contribution in [1.29, 1.82) is 0 Å². The van der Waals surface area contributed by atoms with Gasteiger partial charge < -0.3 is 19.7 Å². The highest BCUT2D eigenvalue weighted by Crippen LogP contribution is 2.26. The summed E-state index contributed by atoms with van der Waals surface area (Å²) in [5.41, 5.74) is 2.16. The third-order valence-corrected chi connectivity index (χ3v) is 5.21. The zero-order chi connectivity index (χ0) is 22.3. The number of carbonyl (C=O) groups is 1. The van der Waals surface area contributed by atoms with E-state index in [0.717, 1.165) is 35.8 Å². The van der Waals surface area contributed by atoms with Gasteiger partial charge in [0.25, 0.3) is 0 Å². The van der Waals surface area contributed by atoms with E-state index in [1.165, 1.54) is 6.33 Å². The molecule has 0 spiro atoms. The standard InChI is InChI=1S/C24H27N5O3/c1-3-31-20-8-10-21(11-9-20)32-22-14-29(15-22)19-6-4-18(5-7-19)17(2)27-24(30)28-23-12-13-25-16-26-23/h4-13,16-17,22H,3,14-15H2,1-2H3,(H2,25,26,27,28,30)/t17-/m0/s1.